The fourth-order valence-corrected chi connectivity index (χ4v) is 1.72. The maximum absolute atomic E-state index is 12.2. The van der Waals surface area contributed by atoms with E-state index in [1.165, 1.54) is 0 Å². The molecule has 1 saturated heterocycles. The molecule has 112 valence electrons. The maximum Gasteiger partial charge on any atom is 0.239 e. The molecule has 0 bridgehead atoms. The van der Waals surface area contributed by atoms with Crippen molar-refractivity contribution >= 4 is 5.91 Å². The molecular weight excluding hydrogens is 248 g/mol. The van der Waals surface area contributed by atoms with Gasteiger partial charge in [0.25, 0.3) is 0 Å². The first-order valence-electron chi connectivity index (χ1n) is 6.90. The number of carbonyl (C=O) groups is 1. The fourth-order valence-electron chi connectivity index (χ4n) is 1.72. The predicted octanol–water partition coefficient (Wildman–Crippen LogP) is -0.138. The van der Waals surface area contributed by atoms with Crippen LogP contribution in [-0.2, 0) is 19.0 Å². The first-order chi connectivity index (χ1) is 9.13. The van der Waals surface area contributed by atoms with Gasteiger partial charge in [-0.05, 0) is 5.92 Å². The molecule has 1 heterocycles. The van der Waals surface area contributed by atoms with E-state index >= 15 is 0 Å². The molecule has 1 aliphatic rings. The van der Waals surface area contributed by atoms with Crippen molar-refractivity contribution in [1.82, 2.24) is 4.90 Å². The summed E-state index contributed by atoms with van der Waals surface area (Å²) in [6.45, 7) is 8.18. The van der Waals surface area contributed by atoms with Crippen molar-refractivity contribution in [3.8, 4) is 0 Å². The van der Waals surface area contributed by atoms with Gasteiger partial charge in [0.2, 0.25) is 5.91 Å². The van der Waals surface area contributed by atoms with Gasteiger partial charge in [-0.25, -0.2) is 0 Å². The number of carbonyl (C=O) groups excluding carboxylic acids is 1. The van der Waals surface area contributed by atoms with Crippen molar-refractivity contribution in [3.63, 3.8) is 0 Å². The minimum absolute atomic E-state index is 0.0319. The molecule has 0 aromatic heterocycles. The Morgan fingerprint density at radius 3 is 1.79 bits per heavy atom. The Hall–Kier alpha value is -0.690. The van der Waals surface area contributed by atoms with Gasteiger partial charge in [-0.2, -0.15) is 0 Å². The standard InChI is InChI=1S/C13H26N2O4/c1-11(2)12(14)13(16)15-3-5-17-7-9-19-10-8-18-6-4-15/h11-12H,3-10,14H2,1-2H3/t12-/m1/s1. The topological polar surface area (TPSA) is 74.0 Å². The van der Waals surface area contributed by atoms with E-state index in [1.54, 1.807) is 4.90 Å². The second kappa shape index (κ2) is 9.25. The fraction of sp³-hybridized carbons (Fsp3) is 0.923. The highest BCUT2D eigenvalue weighted by molar-refractivity contribution is 5.81. The molecule has 0 aliphatic carbocycles. The summed E-state index contributed by atoms with van der Waals surface area (Å²) in [5, 5.41) is 0. The SMILES string of the molecule is CC(C)[C@@H](N)C(=O)N1CCOCCOCCOCC1. The average molecular weight is 274 g/mol. The average Bonchev–Trinajstić information content (AvgIpc) is 2.37. The molecule has 0 radical (unpaired) electrons. The largest absolute Gasteiger partial charge is 0.377 e. The molecule has 6 heteroatoms. The van der Waals surface area contributed by atoms with Crippen LogP contribution in [0.5, 0.6) is 0 Å². The summed E-state index contributed by atoms with van der Waals surface area (Å²) in [6, 6.07) is -0.462. The lowest BCUT2D eigenvalue weighted by Crippen LogP contribution is -2.48. The number of hydrogen-bond acceptors (Lipinski definition) is 5. The quantitative estimate of drug-likeness (QED) is 0.759. The van der Waals surface area contributed by atoms with Crippen LogP contribution in [-0.4, -0.2) is 69.6 Å². The van der Waals surface area contributed by atoms with Crippen molar-refractivity contribution in [1.29, 1.82) is 0 Å². The van der Waals surface area contributed by atoms with Crippen LogP contribution in [0.15, 0.2) is 0 Å². The van der Waals surface area contributed by atoms with Crippen molar-refractivity contribution in [2.75, 3.05) is 52.7 Å². The third kappa shape index (κ3) is 6.33. The monoisotopic (exact) mass is 274 g/mol. The molecule has 1 atom stereocenters. The highest BCUT2D eigenvalue weighted by Gasteiger charge is 2.23. The van der Waals surface area contributed by atoms with Crippen molar-refractivity contribution < 1.29 is 19.0 Å². The van der Waals surface area contributed by atoms with E-state index < -0.39 is 6.04 Å². The van der Waals surface area contributed by atoms with Crippen LogP contribution in [0.4, 0.5) is 0 Å². The van der Waals surface area contributed by atoms with E-state index in [4.69, 9.17) is 19.9 Å². The van der Waals surface area contributed by atoms with Gasteiger partial charge < -0.3 is 24.8 Å². The van der Waals surface area contributed by atoms with Gasteiger partial charge in [0.15, 0.2) is 0 Å². The maximum atomic E-state index is 12.2. The second-order valence-electron chi connectivity index (χ2n) is 4.93. The lowest BCUT2D eigenvalue weighted by atomic mass is 10.0. The van der Waals surface area contributed by atoms with Gasteiger partial charge in [0.05, 0.1) is 45.7 Å². The van der Waals surface area contributed by atoms with Gasteiger partial charge in [0, 0.05) is 13.1 Å². The van der Waals surface area contributed by atoms with Gasteiger partial charge in [-0.3, -0.25) is 4.79 Å². The Balaban J connectivity index is 2.48. The predicted molar refractivity (Wildman–Crippen MR) is 71.9 cm³/mol. The third-order valence-electron chi connectivity index (χ3n) is 3.07. The Bertz CT molecular complexity index is 249. The Morgan fingerprint density at radius 1 is 0.947 bits per heavy atom. The molecule has 0 saturated carbocycles. The highest BCUT2D eigenvalue weighted by atomic mass is 16.5. The van der Waals surface area contributed by atoms with Gasteiger partial charge in [-0.15, -0.1) is 0 Å². The molecule has 19 heavy (non-hydrogen) atoms. The summed E-state index contributed by atoms with van der Waals surface area (Å²) in [4.78, 5) is 14.0. The minimum Gasteiger partial charge on any atom is -0.377 e. The molecule has 0 aromatic carbocycles. The number of rotatable bonds is 2. The Labute approximate surface area is 115 Å². The van der Waals surface area contributed by atoms with E-state index in [0.717, 1.165) is 0 Å². The zero-order valence-corrected chi connectivity index (χ0v) is 12.0. The molecule has 1 rings (SSSR count). The van der Waals surface area contributed by atoms with Gasteiger partial charge in [0.1, 0.15) is 0 Å². The number of ether oxygens (including phenoxy) is 3. The van der Waals surface area contributed by atoms with Crippen molar-refractivity contribution in [2.45, 2.75) is 19.9 Å². The minimum atomic E-state index is -0.462. The number of nitrogens with two attached hydrogens (primary N) is 1. The third-order valence-corrected chi connectivity index (χ3v) is 3.07. The lowest BCUT2D eigenvalue weighted by Gasteiger charge is -2.27. The summed E-state index contributed by atoms with van der Waals surface area (Å²) >= 11 is 0. The van der Waals surface area contributed by atoms with E-state index in [2.05, 4.69) is 0 Å². The first kappa shape index (κ1) is 16.4. The summed E-state index contributed by atoms with van der Waals surface area (Å²) in [6.07, 6.45) is 0. The van der Waals surface area contributed by atoms with Crippen LogP contribution >= 0.6 is 0 Å². The molecule has 6 nitrogen and oxygen atoms in total. The molecule has 1 aliphatic heterocycles. The summed E-state index contributed by atoms with van der Waals surface area (Å²) in [5.74, 6) is 0.0969. The van der Waals surface area contributed by atoms with Crippen LogP contribution in [0.1, 0.15) is 13.8 Å². The zero-order chi connectivity index (χ0) is 14.1. The molecular formula is C13H26N2O4. The smallest absolute Gasteiger partial charge is 0.239 e. The van der Waals surface area contributed by atoms with Crippen LogP contribution in [0, 0.1) is 5.92 Å². The molecule has 2 N–H and O–H groups in total. The van der Waals surface area contributed by atoms with Crippen LogP contribution in [0.2, 0.25) is 0 Å². The molecule has 1 amide bonds. The van der Waals surface area contributed by atoms with Gasteiger partial charge >= 0.3 is 0 Å². The molecule has 0 spiro atoms. The number of hydrogen-bond donors (Lipinski definition) is 1. The summed E-state index contributed by atoms with van der Waals surface area (Å²) in [7, 11) is 0. The normalized spacial score (nSPS) is 21.6. The number of nitrogens with zero attached hydrogens (tertiary/aromatic N) is 1. The summed E-state index contributed by atoms with van der Waals surface area (Å²) in [5.41, 5.74) is 5.91. The van der Waals surface area contributed by atoms with Crippen LogP contribution < -0.4 is 5.73 Å². The van der Waals surface area contributed by atoms with E-state index in [-0.39, 0.29) is 11.8 Å². The van der Waals surface area contributed by atoms with Gasteiger partial charge in [-0.1, -0.05) is 13.8 Å². The second-order valence-corrected chi connectivity index (χ2v) is 4.93. The summed E-state index contributed by atoms with van der Waals surface area (Å²) < 4.78 is 16.2. The molecule has 1 fully saturated rings. The molecule has 0 aromatic rings. The van der Waals surface area contributed by atoms with E-state index in [9.17, 15) is 4.79 Å². The molecule has 0 unspecified atom stereocenters. The highest BCUT2D eigenvalue weighted by Crippen LogP contribution is 2.04. The van der Waals surface area contributed by atoms with Crippen LogP contribution in [0.25, 0.3) is 0 Å². The Morgan fingerprint density at radius 2 is 1.37 bits per heavy atom. The van der Waals surface area contributed by atoms with Crippen molar-refractivity contribution in [3.05, 3.63) is 0 Å². The number of amides is 1. The first-order valence-corrected chi connectivity index (χ1v) is 6.90. The lowest BCUT2D eigenvalue weighted by molar-refractivity contribution is -0.135. The van der Waals surface area contributed by atoms with Crippen LogP contribution in [0.3, 0.4) is 0 Å². The van der Waals surface area contributed by atoms with E-state index in [0.29, 0.717) is 52.7 Å². The van der Waals surface area contributed by atoms with E-state index in [1.807, 2.05) is 13.8 Å². The zero-order valence-electron chi connectivity index (χ0n) is 12.0. The van der Waals surface area contributed by atoms with Crippen molar-refractivity contribution in [2.24, 2.45) is 11.7 Å². The Kier molecular flexibility index (Phi) is 7.97.